The molecule has 2 aliphatic heterocycles. The van der Waals surface area contributed by atoms with Crippen LogP contribution in [0.1, 0.15) is 44.0 Å². The van der Waals surface area contributed by atoms with E-state index in [0.29, 0.717) is 19.5 Å². The molecule has 3 heterocycles. The van der Waals surface area contributed by atoms with E-state index in [1.807, 2.05) is 4.90 Å². The fourth-order valence-electron chi connectivity index (χ4n) is 4.28. The Hall–Kier alpha value is -2.19. The van der Waals surface area contributed by atoms with Crippen molar-refractivity contribution in [2.24, 2.45) is 5.92 Å². The minimum atomic E-state index is -3.57. The molecule has 0 radical (unpaired) electrons. The lowest BCUT2D eigenvalue weighted by molar-refractivity contribution is -0.140. The Morgan fingerprint density at radius 2 is 1.89 bits per heavy atom. The number of aromatic nitrogens is 2. The zero-order valence-corrected chi connectivity index (χ0v) is 16.6. The first-order valence-electron chi connectivity index (χ1n) is 9.92. The number of hydrogen-bond donors (Lipinski definition) is 1. The van der Waals surface area contributed by atoms with Crippen molar-refractivity contribution in [3.05, 3.63) is 48.5 Å². The normalized spacial score (nSPS) is 24.2. The van der Waals surface area contributed by atoms with Gasteiger partial charge in [-0.25, -0.2) is 13.4 Å². The van der Waals surface area contributed by atoms with Crippen LogP contribution in [-0.2, 0) is 14.8 Å². The Balaban J connectivity index is 1.52. The van der Waals surface area contributed by atoms with Gasteiger partial charge in [-0.05, 0) is 44.2 Å². The molecule has 2 aromatic rings. The summed E-state index contributed by atoms with van der Waals surface area (Å²) in [5.41, 5.74) is 0. The van der Waals surface area contributed by atoms with Gasteiger partial charge in [-0.3, -0.25) is 4.79 Å². The molecular weight excluding hydrogens is 376 g/mol. The second-order valence-corrected chi connectivity index (χ2v) is 9.47. The van der Waals surface area contributed by atoms with E-state index in [4.69, 9.17) is 0 Å². The number of rotatable bonds is 4. The molecule has 8 heteroatoms. The van der Waals surface area contributed by atoms with Crippen molar-refractivity contribution in [3.63, 3.8) is 0 Å². The van der Waals surface area contributed by atoms with Crippen LogP contribution in [-0.4, -0.2) is 53.1 Å². The number of likely N-dealkylation sites (tertiary alicyclic amines) is 1. The van der Waals surface area contributed by atoms with Gasteiger partial charge in [-0.2, -0.15) is 4.31 Å². The van der Waals surface area contributed by atoms with E-state index in [2.05, 4.69) is 9.97 Å². The summed E-state index contributed by atoms with van der Waals surface area (Å²) in [6.45, 7) is 1.41. The van der Waals surface area contributed by atoms with Crippen LogP contribution in [0.4, 0.5) is 0 Å². The average Bonchev–Trinajstić information content (AvgIpc) is 3.29. The molecule has 28 heavy (non-hydrogen) atoms. The predicted molar refractivity (Wildman–Crippen MR) is 105 cm³/mol. The summed E-state index contributed by atoms with van der Waals surface area (Å²) in [5, 5.41) is 0. The Morgan fingerprint density at radius 3 is 2.64 bits per heavy atom. The second-order valence-electron chi connectivity index (χ2n) is 7.53. The Morgan fingerprint density at radius 1 is 1.07 bits per heavy atom. The summed E-state index contributed by atoms with van der Waals surface area (Å²) in [5.74, 6) is 0.564. The van der Waals surface area contributed by atoms with Crippen molar-refractivity contribution in [1.29, 1.82) is 0 Å². The standard InChI is InChI=1S/C20H26N4O3S/c25-20(24-14-5-4-10-18(24)19-21-11-12-22-19)16-7-6-13-23(15-16)28(26,27)17-8-2-1-3-9-17/h1-3,8-9,11-12,16,18H,4-7,10,13-15H2,(H,21,22)/t16-,18+/m0/s1. The van der Waals surface area contributed by atoms with Gasteiger partial charge in [0.2, 0.25) is 15.9 Å². The molecule has 0 bridgehead atoms. The smallest absolute Gasteiger partial charge is 0.243 e. The molecule has 1 aromatic carbocycles. The molecule has 150 valence electrons. The van der Waals surface area contributed by atoms with Gasteiger partial charge < -0.3 is 9.88 Å². The van der Waals surface area contributed by atoms with Gasteiger partial charge in [0.15, 0.2) is 0 Å². The number of sulfonamides is 1. The van der Waals surface area contributed by atoms with Crippen LogP contribution in [0.3, 0.4) is 0 Å². The maximum absolute atomic E-state index is 13.3. The van der Waals surface area contributed by atoms with Crippen LogP contribution in [0.15, 0.2) is 47.6 Å². The van der Waals surface area contributed by atoms with Crippen LogP contribution in [0.2, 0.25) is 0 Å². The van der Waals surface area contributed by atoms with E-state index in [1.54, 1.807) is 42.7 Å². The van der Waals surface area contributed by atoms with Crippen LogP contribution in [0.5, 0.6) is 0 Å². The third kappa shape index (κ3) is 3.71. The first-order valence-corrected chi connectivity index (χ1v) is 11.4. The highest BCUT2D eigenvalue weighted by atomic mass is 32.2. The molecule has 2 fully saturated rings. The number of nitrogens with one attached hydrogen (secondary N) is 1. The molecule has 0 saturated carbocycles. The Kier molecular flexibility index (Phi) is 5.50. The molecule has 0 unspecified atom stereocenters. The third-order valence-electron chi connectivity index (χ3n) is 5.74. The Labute approximate surface area is 165 Å². The van der Waals surface area contributed by atoms with Crippen molar-refractivity contribution in [1.82, 2.24) is 19.2 Å². The van der Waals surface area contributed by atoms with Crippen LogP contribution >= 0.6 is 0 Å². The van der Waals surface area contributed by atoms with Crippen molar-refractivity contribution in [2.75, 3.05) is 19.6 Å². The second kappa shape index (κ2) is 8.05. The number of imidazole rings is 1. The number of piperidine rings is 2. The lowest BCUT2D eigenvalue weighted by atomic mass is 9.94. The molecule has 2 aliphatic rings. The topological polar surface area (TPSA) is 86.4 Å². The summed E-state index contributed by atoms with van der Waals surface area (Å²) in [7, 11) is -3.57. The summed E-state index contributed by atoms with van der Waals surface area (Å²) in [6, 6.07) is 8.42. The van der Waals surface area contributed by atoms with E-state index >= 15 is 0 Å². The minimum absolute atomic E-state index is 0.0441. The molecule has 1 aromatic heterocycles. The maximum atomic E-state index is 13.3. The summed E-state index contributed by atoms with van der Waals surface area (Å²) >= 11 is 0. The van der Waals surface area contributed by atoms with Gasteiger partial charge >= 0.3 is 0 Å². The lowest BCUT2D eigenvalue weighted by Gasteiger charge is -2.39. The van der Waals surface area contributed by atoms with E-state index in [0.717, 1.165) is 31.5 Å². The van der Waals surface area contributed by atoms with Gasteiger partial charge in [0.1, 0.15) is 5.82 Å². The molecule has 1 amide bonds. The first kappa shape index (κ1) is 19.1. The molecule has 2 atom stereocenters. The number of H-pyrrole nitrogens is 1. The zero-order chi connectivity index (χ0) is 19.6. The fraction of sp³-hybridized carbons (Fsp3) is 0.500. The van der Waals surface area contributed by atoms with E-state index < -0.39 is 10.0 Å². The summed E-state index contributed by atoms with van der Waals surface area (Å²) in [6.07, 6.45) is 7.83. The summed E-state index contributed by atoms with van der Waals surface area (Å²) in [4.78, 5) is 23.0. The quantitative estimate of drug-likeness (QED) is 0.852. The number of aromatic amines is 1. The highest BCUT2D eigenvalue weighted by molar-refractivity contribution is 7.89. The van der Waals surface area contributed by atoms with Gasteiger partial charge in [-0.15, -0.1) is 0 Å². The molecule has 7 nitrogen and oxygen atoms in total. The Bertz CT molecular complexity index is 899. The SMILES string of the molecule is O=C([C@H]1CCCN(S(=O)(=O)c2ccccc2)C1)N1CCCC[C@@H]1c1ncc[nH]1. The lowest BCUT2D eigenvalue weighted by Crippen LogP contribution is -2.48. The van der Waals surface area contributed by atoms with E-state index in [-0.39, 0.29) is 29.3 Å². The number of carbonyl (C=O) groups is 1. The van der Waals surface area contributed by atoms with Crippen LogP contribution in [0.25, 0.3) is 0 Å². The molecule has 0 aliphatic carbocycles. The largest absolute Gasteiger partial charge is 0.347 e. The van der Waals surface area contributed by atoms with Crippen molar-refractivity contribution < 1.29 is 13.2 Å². The zero-order valence-electron chi connectivity index (χ0n) is 15.8. The first-order chi connectivity index (χ1) is 13.6. The fourth-order valence-corrected chi connectivity index (χ4v) is 5.82. The van der Waals surface area contributed by atoms with Crippen molar-refractivity contribution >= 4 is 15.9 Å². The number of hydrogen-bond acceptors (Lipinski definition) is 4. The van der Waals surface area contributed by atoms with Gasteiger partial charge in [0.05, 0.1) is 16.9 Å². The van der Waals surface area contributed by atoms with Gasteiger partial charge in [0.25, 0.3) is 0 Å². The predicted octanol–water partition coefficient (Wildman–Crippen LogP) is 2.56. The van der Waals surface area contributed by atoms with E-state index in [1.165, 1.54) is 4.31 Å². The third-order valence-corrected chi connectivity index (χ3v) is 7.61. The highest BCUT2D eigenvalue weighted by Crippen LogP contribution is 2.32. The van der Waals surface area contributed by atoms with Crippen LogP contribution in [0, 0.1) is 5.92 Å². The van der Waals surface area contributed by atoms with Gasteiger partial charge in [0, 0.05) is 32.0 Å². The number of nitrogens with zero attached hydrogens (tertiary/aromatic N) is 3. The molecule has 1 N–H and O–H groups in total. The maximum Gasteiger partial charge on any atom is 0.243 e. The van der Waals surface area contributed by atoms with Crippen LogP contribution < -0.4 is 0 Å². The molecule has 2 saturated heterocycles. The number of carbonyl (C=O) groups excluding carboxylic acids is 1. The van der Waals surface area contributed by atoms with Gasteiger partial charge in [-0.1, -0.05) is 18.2 Å². The number of benzene rings is 1. The minimum Gasteiger partial charge on any atom is -0.347 e. The molecule has 0 spiro atoms. The summed E-state index contributed by atoms with van der Waals surface area (Å²) < 4.78 is 27.4. The van der Waals surface area contributed by atoms with Crippen molar-refractivity contribution in [2.45, 2.75) is 43.0 Å². The highest BCUT2D eigenvalue weighted by Gasteiger charge is 2.38. The van der Waals surface area contributed by atoms with E-state index in [9.17, 15) is 13.2 Å². The molecular formula is C20H26N4O3S. The average molecular weight is 403 g/mol. The molecule has 4 rings (SSSR count). The van der Waals surface area contributed by atoms with Crippen molar-refractivity contribution in [3.8, 4) is 0 Å². The monoisotopic (exact) mass is 402 g/mol. The number of amides is 1.